The molecule has 1 rings (SSSR count). The van der Waals surface area contributed by atoms with Crippen LogP contribution in [0, 0.1) is 0 Å². The van der Waals surface area contributed by atoms with E-state index in [2.05, 4.69) is 0 Å². The van der Waals surface area contributed by atoms with Crippen LogP contribution in [0.5, 0.6) is 0 Å². The van der Waals surface area contributed by atoms with Crippen LogP contribution in [0.25, 0.3) is 0 Å². The van der Waals surface area contributed by atoms with Gasteiger partial charge in [0, 0.05) is 18.2 Å². The molecular formula is C10H14N2O2. The minimum atomic E-state index is -0.452. The SMILES string of the molecule is NC(=O)c1ccc(C(N)CCO)cc1. The predicted molar refractivity (Wildman–Crippen MR) is 53.6 cm³/mol. The highest BCUT2D eigenvalue weighted by Crippen LogP contribution is 2.14. The van der Waals surface area contributed by atoms with Crippen molar-refractivity contribution in [1.29, 1.82) is 0 Å². The highest BCUT2D eigenvalue weighted by atomic mass is 16.3. The standard InChI is InChI=1S/C10H14N2O2/c11-9(5-6-13)7-1-3-8(4-2-7)10(12)14/h1-4,9,13H,5-6,11H2,(H2,12,14). The third-order valence-corrected chi connectivity index (χ3v) is 2.06. The Balaban J connectivity index is 2.77. The number of aliphatic hydroxyl groups excluding tert-OH is 1. The van der Waals surface area contributed by atoms with Crippen LogP contribution in [0.2, 0.25) is 0 Å². The zero-order valence-electron chi connectivity index (χ0n) is 7.81. The highest BCUT2D eigenvalue weighted by Gasteiger charge is 2.05. The number of carbonyl (C=O) groups is 1. The zero-order chi connectivity index (χ0) is 10.6. The molecule has 0 spiro atoms. The second-order valence-electron chi connectivity index (χ2n) is 3.11. The van der Waals surface area contributed by atoms with Gasteiger partial charge in [0.25, 0.3) is 0 Å². The van der Waals surface area contributed by atoms with Gasteiger partial charge in [-0.1, -0.05) is 12.1 Å². The average Bonchev–Trinajstić information content (AvgIpc) is 2.18. The van der Waals surface area contributed by atoms with Gasteiger partial charge in [-0.15, -0.1) is 0 Å². The first kappa shape index (κ1) is 10.7. The lowest BCUT2D eigenvalue weighted by Gasteiger charge is -2.10. The Labute approximate surface area is 82.5 Å². The minimum Gasteiger partial charge on any atom is -0.396 e. The Morgan fingerprint density at radius 2 is 1.93 bits per heavy atom. The molecule has 1 atom stereocenters. The van der Waals surface area contributed by atoms with Crippen molar-refractivity contribution in [2.45, 2.75) is 12.5 Å². The van der Waals surface area contributed by atoms with Crippen LogP contribution in [0.4, 0.5) is 0 Å². The molecule has 4 heteroatoms. The van der Waals surface area contributed by atoms with Gasteiger partial charge in [0.1, 0.15) is 0 Å². The van der Waals surface area contributed by atoms with E-state index in [0.717, 1.165) is 5.56 Å². The van der Waals surface area contributed by atoms with Crippen LogP contribution in [-0.2, 0) is 0 Å². The van der Waals surface area contributed by atoms with E-state index < -0.39 is 5.91 Å². The van der Waals surface area contributed by atoms with Crippen LogP contribution >= 0.6 is 0 Å². The monoisotopic (exact) mass is 194 g/mol. The molecule has 0 heterocycles. The van der Waals surface area contributed by atoms with Crippen molar-refractivity contribution >= 4 is 5.91 Å². The number of primary amides is 1. The predicted octanol–water partition coefficient (Wildman–Crippen LogP) is 0.168. The van der Waals surface area contributed by atoms with Crippen LogP contribution in [0.3, 0.4) is 0 Å². The third kappa shape index (κ3) is 2.55. The Morgan fingerprint density at radius 1 is 1.36 bits per heavy atom. The van der Waals surface area contributed by atoms with Gasteiger partial charge in [-0.2, -0.15) is 0 Å². The smallest absolute Gasteiger partial charge is 0.248 e. The van der Waals surface area contributed by atoms with Crippen molar-refractivity contribution in [2.24, 2.45) is 11.5 Å². The Bertz CT molecular complexity index is 308. The number of amides is 1. The zero-order valence-corrected chi connectivity index (χ0v) is 7.81. The minimum absolute atomic E-state index is 0.0543. The lowest BCUT2D eigenvalue weighted by atomic mass is 10.0. The number of benzene rings is 1. The van der Waals surface area contributed by atoms with Crippen LogP contribution in [0.1, 0.15) is 28.4 Å². The Hall–Kier alpha value is -1.39. The maximum atomic E-state index is 10.8. The molecule has 1 unspecified atom stereocenters. The fourth-order valence-electron chi connectivity index (χ4n) is 1.20. The molecule has 14 heavy (non-hydrogen) atoms. The van der Waals surface area contributed by atoms with E-state index in [1.165, 1.54) is 0 Å². The summed E-state index contributed by atoms with van der Waals surface area (Å²) in [5, 5.41) is 8.69. The van der Waals surface area contributed by atoms with Crippen molar-refractivity contribution in [2.75, 3.05) is 6.61 Å². The first-order chi connectivity index (χ1) is 6.65. The molecule has 0 aromatic heterocycles. The molecule has 4 nitrogen and oxygen atoms in total. The van der Waals surface area contributed by atoms with Gasteiger partial charge in [0.2, 0.25) is 5.91 Å². The first-order valence-electron chi connectivity index (χ1n) is 4.41. The largest absolute Gasteiger partial charge is 0.396 e. The van der Waals surface area contributed by atoms with Crippen LogP contribution < -0.4 is 11.5 Å². The van der Waals surface area contributed by atoms with Crippen molar-refractivity contribution in [3.8, 4) is 0 Å². The molecule has 0 bridgehead atoms. The summed E-state index contributed by atoms with van der Waals surface area (Å²) in [6.07, 6.45) is 0.510. The lowest BCUT2D eigenvalue weighted by molar-refractivity contribution is 0.1000. The van der Waals surface area contributed by atoms with Gasteiger partial charge in [-0.3, -0.25) is 4.79 Å². The number of rotatable bonds is 4. The summed E-state index contributed by atoms with van der Waals surface area (Å²) >= 11 is 0. The van der Waals surface area contributed by atoms with E-state index in [1.54, 1.807) is 24.3 Å². The molecule has 0 fully saturated rings. The number of hydrogen-bond acceptors (Lipinski definition) is 3. The molecule has 76 valence electrons. The molecule has 0 radical (unpaired) electrons. The van der Waals surface area contributed by atoms with Gasteiger partial charge in [0.15, 0.2) is 0 Å². The average molecular weight is 194 g/mol. The van der Waals surface area contributed by atoms with E-state index >= 15 is 0 Å². The normalized spacial score (nSPS) is 12.4. The number of nitrogens with two attached hydrogens (primary N) is 2. The highest BCUT2D eigenvalue weighted by molar-refractivity contribution is 5.92. The summed E-state index contributed by atoms with van der Waals surface area (Å²) < 4.78 is 0. The lowest BCUT2D eigenvalue weighted by Crippen LogP contribution is -2.14. The van der Waals surface area contributed by atoms with Crippen LogP contribution in [0.15, 0.2) is 24.3 Å². The summed E-state index contributed by atoms with van der Waals surface area (Å²) in [5.41, 5.74) is 12.2. The molecule has 1 amide bonds. The summed E-state index contributed by atoms with van der Waals surface area (Å²) in [7, 11) is 0. The van der Waals surface area contributed by atoms with Crippen molar-refractivity contribution in [3.63, 3.8) is 0 Å². The molecule has 0 aliphatic heterocycles. The Morgan fingerprint density at radius 3 is 2.36 bits per heavy atom. The van der Waals surface area contributed by atoms with E-state index in [0.29, 0.717) is 12.0 Å². The van der Waals surface area contributed by atoms with E-state index in [4.69, 9.17) is 16.6 Å². The third-order valence-electron chi connectivity index (χ3n) is 2.06. The molecule has 0 aliphatic rings. The van der Waals surface area contributed by atoms with Gasteiger partial charge in [-0.05, 0) is 24.1 Å². The summed E-state index contributed by atoms with van der Waals surface area (Å²) in [6.45, 7) is 0.0543. The van der Waals surface area contributed by atoms with Gasteiger partial charge < -0.3 is 16.6 Å². The number of carbonyl (C=O) groups excluding carboxylic acids is 1. The maximum Gasteiger partial charge on any atom is 0.248 e. The first-order valence-corrected chi connectivity index (χ1v) is 4.41. The van der Waals surface area contributed by atoms with E-state index in [-0.39, 0.29) is 12.6 Å². The topological polar surface area (TPSA) is 89.3 Å². The van der Waals surface area contributed by atoms with Gasteiger partial charge in [0.05, 0.1) is 0 Å². The molecular weight excluding hydrogens is 180 g/mol. The summed E-state index contributed by atoms with van der Waals surface area (Å²) in [4.78, 5) is 10.8. The van der Waals surface area contributed by atoms with Crippen LogP contribution in [-0.4, -0.2) is 17.6 Å². The van der Waals surface area contributed by atoms with Gasteiger partial charge >= 0.3 is 0 Å². The molecule has 0 saturated heterocycles. The fourth-order valence-corrected chi connectivity index (χ4v) is 1.20. The fraction of sp³-hybridized carbons (Fsp3) is 0.300. The van der Waals surface area contributed by atoms with E-state index in [9.17, 15) is 4.79 Å². The van der Waals surface area contributed by atoms with Gasteiger partial charge in [-0.25, -0.2) is 0 Å². The second-order valence-corrected chi connectivity index (χ2v) is 3.11. The van der Waals surface area contributed by atoms with E-state index in [1.807, 2.05) is 0 Å². The molecule has 1 aromatic rings. The van der Waals surface area contributed by atoms with Crippen molar-refractivity contribution in [3.05, 3.63) is 35.4 Å². The summed E-state index contributed by atoms with van der Waals surface area (Å²) in [5.74, 6) is -0.452. The molecule has 0 aliphatic carbocycles. The number of aliphatic hydroxyl groups is 1. The maximum absolute atomic E-state index is 10.8. The Kier molecular flexibility index (Phi) is 3.62. The van der Waals surface area contributed by atoms with Crippen molar-refractivity contribution in [1.82, 2.24) is 0 Å². The summed E-state index contributed by atoms with van der Waals surface area (Å²) in [6, 6.07) is 6.58. The van der Waals surface area contributed by atoms with Crippen molar-refractivity contribution < 1.29 is 9.90 Å². The molecule has 5 N–H and O–H groups in total. The molecule has 0 saturated carbocycles. The second kappa shape index (κ2) is 4.74. The molecule has 1 aromatic carbocycles. The quantitative estimate of drug-likeness (QED) is 0.638. The number of hydrogen-bond donors (Lipinski definition) is 3.